The first-order valence-corrected chi connectivity index (χ1v) is 6.87. The van der Waals surface area contributed by atoms with Crippen molar-refractivity contribution in [1.82, 2.24) is 0 Å². The Hall–Kier alpha value is -2.25. The number of hydrogen-bond acceptors (Lipinski definition) is 1. The Kier molecular flexibility index (Phi) is 2.54. The zero-order valence-corrected chi connectivity index (χ0v) is 11.4. The van der Waals surface area contributed by atoms with Crippen molar-refractivity contribution < 1.29 is 4.42 Å². The second-order valence-corrected chi connectivity index (χ2v) is 5.23. The molecule has 0 aliphatic heterocycles. The first-order valence-electron chi connectivity index (χ1n) is 6.49. The minimum absolute atomic E-state index is 0.690. The number of para-hydroxylation sites is 1. The lowest BCUT2D eigenvalue weighted by molar-refractivity contribution is 0.669. The van der Waals surface area contributed by atoms with Crippen LogP contribution in [-0.2, 0) is 0 Å². The lowest BCUT2D eigenvalue weighted by atomic mass is 9.99. The molecule has 0 N–H and O–H groups in total. The van der Waals surface area contributed by atoms with Crippen molar-refractivity contribution in [2.75, 3.05) is 0 Å². The van der Waals surface area contributed by atoms with Crippen molar-refractivity contribution in [3.8, 4) is 11.1 Å². The number of fused-ring (bicyclic) bond motifs is 3. The fourth-order valence-electron chi connectivity index (χ4n) is 2.67. The zero-order valence-electron chi connectivity index (χ0n) is 10.6. The molecule has 4 rings (SSSR count). The highest BCUT2D eigenvalue weighted by Gasteiger charge is 2.13. The van der Waals surface area contributed by atoms with E-state index in [4.69, 9.17) is 16.0 Å². The summed E-state index contributed by atoms with van der Waals surface area (Å²) in [5, 5.41) is 2.93. The molecule has 0 aliphatic rings. The SMILES string of the molecule is Clc1cc(-c2ccccc2)c2c(c1)oc1ccccc12. The number of benzene rings is 3. The van der Waals surface area contributed by atoms with E-state index in [0.29, 0.717) is 5.02 Å². The monoisotopic (exact) mass is 278 g/mol. The molecule has 1 aromatic heterocycles. The molecule has 96 valence electrons. The third-order valence-corrected chi connectivity index (χ3v) is 3.75. The van der Waals surface area contributed by atoms with Crippen molar-refractivity contribution in [2.45, 2.75) is 0 Å². The molecule has 20 heavy (non-hydrogen) atoms. The summed E-state index contributed by atoms with van der Waals surface area (Å²) in [4.78, 5) is 0. The molecular weight excluding hydrogens is 268 g/mol. The number of furan rings is 1. The van der Waals surface area contributed by atoms with Gasteiger partial charge in [0.05, 0.1) is 0 Å². The predicted molar refractivity (Wildman–Crippen MR) is 84.2 cm³/mol. The fraction of sp³-hybridized carbons (Fsp3) is 0. The Labute approximate surface area is 121 Å². The van der Waals surface area contributed by atoms with E-state index in [0.717, 1.165) is 33.1 Å². The molecule has 0 aliphatic carbocycles. The number of rotatable bonds is 1. The molecule has 0 saturated heterocycles. The highest BCUT2D eigenvalue weighted by molar-refractivity contribution is 6.32. The first kappa shape index (κ1) is 11.6. The third-order valence-electron chi connectivity index (χ3n) is 3.53. The van der Waals surface area contributed by atoms with Crippen molar-refractivity contribution in [1.29, 1.82) is 0 Å². The van der Waals surface area contributed by atoms with Gasteiger partial charge in [0, 0.05) is 21.9 Å². The van der Waals surface area contributed by atoms with E-state index in [1.54, 1.807) is 0 Å². The summed E-state index contributed by atoms with van der Waals surface area (Å²) in [6.45, 7) is 0. The molecule has 0 atom stereocenters. The van der Waals surface area contributed by atoms with Crippen molar-refractivity contribution in [3.05, 3.63) is 71.8 Å². The highest BCUT2D eigenvalue weighted by Crippen LogP contribution is 2.38. The van der Waals surface area contributed by atoms with Crippen LogP contribution in [0.1, 0.15) is 0 Å². The quantitative estimate of drug-likeness (QED) is 0.422. The minimum atomic E-state index is 0.690. The van der Waals surface area contributed by atoms with Gasteiger partial charge in [0.2, 0.25) is 0 Å². The van der Waals surface area contributed by atoms with E-state index in [1.165, 1.54) is 0 Å². The highest BCUT2D eigenvalue weighted by atomic mass is 35.5. The molecule has 1 heterocycles. The molecule has 0 spiro atoms. The van der Waals surface area contributed by atoms with Crippen molar-refractivity contribution in [2.24, 2.45) is 0 Å². The second-order valence-electron chi connectivity index (χ2n) is 4.79. The fourth-order valence-corrected chi connectivity index (χ4v) is 2.87. The molecule has 0 unspecified atom stereocenters. The topological polar surface area (TPSA) is 13.1 Å². The Morgan fingerprint density at radius 3 is 2.35 bits per heavy atom. The van der Waals surface area contributed by atoms with E-state index in [9.17, 15) is 0 Å². The molecule has 2 heteroatoms. The van der Waals surface area contributed by atoms with Gasteiger partial charge in [-0.15, -0.1) is 0 Å². The maximum absolute atomic E-state index is 6.24. The summed E-state index contributed by atoms with van der Waals surface area (Å²) in [6, 6.07) is 22.2. The van der Waals surface area contributed by atoms with Gasteiger partial charge >= 0.3 is 0 Å². The molecule has 0 saturated carbocycles. The minimum Gasteiger partial charge on any atom is -0.456 e. The van der Waals surface area contributed by atoms with Crippen molar-refractivity contribution in [3.63, 3.8) is 0 Å². The normalized spacial score (nSPS) is 11.2. The smallest absolute Gasteiger partial charge is 0.137 e. The summed E-state index contributed by atoms with van der Waals surface area (Å²) in [7, 11) is 0. The van der Waals surface area contributed by atoms with Crippen LogP contribution in [-0.4, -0.2) is 0 Å². The van der Waals surface area contributed by atoms with Crippen LogP contribution in [0.3, 0.4) is 0 Å². The lowest BCUT2D eigenvalue weighted by Crippen LogP contribution is -1.79. The second kappa shape index (κ2) is 4.39. The van der Waals surface area contributed by atoms with Gasteiger partial charge in [-0.25, -0.2) is 0 Å². The maximum atomic E-state index is 6.24. The van der Waals surface area contributed by atoms with E-state index in [1.807, 2.05) is 48.5 Å². The lowest BCUT2D eigenvalue weighted by Gasteiger charge is -2.04. The summed E-state index contributed by atoms with van der Waals surface area (Å²) in [6.07, 6.45) is 0. The number of hydrogen-bond donors (Lipinski definition) is 0. The van der Waals surface area contributed by atoms with E-state index in [-0.39, 0.29) is 0 Å². The van der Waals surface area contributed by atoms with Crippen LogP contribution in [0.15, 0.2) is 71.1 Å². The van der Waals surface area contributed by atoms with Gasteiger partial charge in [0.1, 0.15) is 11.2 Å². The van der Waals surface area contributed by atoms with Gasteiger partial charge < -0.3 is 4.42 Å². The molecular formula is C18H11ClO. The van der Waals surface area contributed by atoms with Gasteiger partial charge in [0.25, 0.3) is 0 Å². The predicted octanol–water partition coefficient (Wildman–Crippen LogP) is 5.91. The van der Waals surface area contributed by atoms with Crippen LogP contribution in [0.5, 0.6) is 0 Å². The Morgan fingerprint density at radius 1 is 0.750 bits per heavy atom. The van der Waals surface area contributed by atoms with Crippen molar-refractivity contribution >= 4 is 33.5 Å². The Morgan fingerprint density at radius 2 is 1.50 bits per heavy atom. The van der Waals surface area contributed by atoms with Crippen LogP contribution in [0.2, 0.25) is 5.02 Å². The van der Waals surface area contributed by atoms with Crippen LogP contribution in [0, 0.1) is 0 Å². The zero-order chi connectivity index (χ0) is 13.5. The average molecular weight is 279 g/mol. The van der Waals surface area contributed by atoms with E-state index < -0.39 is 0 Å². The van der Waals surface area contributed by atoms with Crippen LogP contribution < -0.4 is 0 Å². The van der Waals surface area contributed by atoms with Gasteiger partial charge in [0.15, 0.2) is 0 Å². The first-order chi connectivity index (χ1) is 9.83. The molecule has 0 amide bonds. The third kappa shape index (κ3) is 1.71. The maximum Gasteiger partial charge on any atom is 0.137 e. The number of halogens is 1. The molecule has 0 bridgehead atoms. The molecule has 0 fully saturated rings. The average Bonchev–Trinajstić information content (AvgIpc) is 2.85. The van der Waals surface area contributed by atoms with Crippen LogP contribution >= 0.6 is 11.6 Å². The summed E-state index contributed by atoms with van der Waals surface area (Å²) in [5.41, 5.74) is 3.98. The molecule has 4 aromatic rings. The Balaban J connectivity index is 2.19. The largest absolute Gasteiger partial charge is 0.456 e. The summed E-state index contributed by atoms with van der Waals surface area (Å²) < 4.78 is 5.91. The van der Waals surface area contributed by atoms with Gasteiger partial charge in [-0.1, -0.05) is 60.1 Å². The Bertz CT molecular complexity index is 907. The van der Waals surface area contributed by atoms with Gasteiger partial charge in [-0.3, -0.25) is 0 Å². The standard InChI is InChI=1S/C18H11ClO/c19-13-10-15(12-6-2-1-3-7-12)18-14-8-4-5-9-16(14)20-17(18)11-13/h1-11H. The van der Waals surface area contributed by atoms with Gasteiger partial charge in [-0.2, -0.15) is 0 Å². The van der Waals surface area contributed by atoms with Crippen LogP contribution in [0.4, 0.5) is 0 Å². The summed E-state index contributed by atoms with van der Waals surface area (Å²) >= 11 is 6.24. The molecule has 0 radical (unpaired) electrons. The van der Waals surface area contributed by atoms with Gasteiger partial charge in [-0.05, 0) is 23.3 Å². The molecule has 3 aromatic carbocycles. The van der Waals surface area contributed by atoms with E-state index >= 15 is 0 Å². The van der Waals surface area contributed by atoms with Crippen LogP contribution in [0.25, 0.3) is 33.1 Å². The van der Waals surface area contributed by atoms with E-state index in [2.05, 4.69) is 18.2 Å². The molecule has 1 nitrogen and oxygen atoms in total. The summed E-state index contributed by atoms with van der Waals surface area (Å²) in [5.74, 6) is 0.